The Hall–Kier alpha value is -3.83. The zero-order chi connectivity index (χ0) is 28.4. The first-order valence-corrected chi connectivity index (χ1v) is 11.7. The molecular formula is C23H17ClF4N4O5S. The zero-order valence-corrected chi connectivity index (χ0v) is 21.0. The standard InChI is InChI=1S/C23H17ClF4N4O5S/c1-4-6-31-20(35)16(10-19(34)37-7-5-2)38-21(31)29-14-9-15(13(25)8-12(14)24)32-18(33)11-17(23(26,27)28)30(3)22(32)36/h2,4,8-9,11,16H,1,6-7,10H2,3H3. The molecule has 1 atom stereocenters. The number of ether oxygens (including phenoxy) is 1. The predicted octanol–water partition coefficient (Wildman–Crippen LogP) is 3.03. The van der Waals surface area contributed by atoms with E-state index in [9.17, 15) is 36.7 Å². The Morgan fingerprint density at radius 2 is 2.00 bits per heavy atom. The number of amidine groups is 1. The van der Waals surface area contributed by atoms with E-state index in [2.05, 4.69) is 17.5 Å². The van der Waals surface area contributed by atoms with Crippen molar-refractivity contribution in [3.05, 3.63) is 68.2 Å². The number of esters is 1. The number of thioether (sulfide) groups is 1. The minimum absolute atomic E-state index is 0.0227. The molecule has 1 aromatic carbocycles. The maximum atomic E-state index is 14.8. The van der Waals surface area contributed by atoms with E-state index in [1.807, 2.05) is 0 Å². The fraction of sp³-hybridized carbons (Fsp3) is 0.261. The third-order valence-corrected chi connectivity index (χ3v) is 6.56. The second kappa shape index (κ2) is 11.3. The zero-order valence-electron chi connectivity index (χ0n) is 19.4. The van der Waals surface area contributed by atoms with Crippen LogP contribution in [0.15, 0.2) is 45.4 Å². The Bertz CT molecular complexity index is 1510. The molecule has 2 aromatic rings. The molecule has 200 valence electrons. The number of alkyl halides is 3. The van der Waals surface area contributed by atoms with Gasteiger partial charge in [0.05, 0.1) is 22.8 Å². The van der Waals surface area contributed by atoms with Gasteiger partial charge in [0.15, 0.2) is 11.8 Å². The second-order valence-electron chi connectivity index (χ2n) is 7.60. The molecule has 1 aliphatic rings. The Kier molecular flexibility index (Phi) is 8.53. The van der Waals surface area contributed by atoms with E-state index in [1.54, 1.807) is 0 Å². The average molecular weight is 573 g/mol. The molecule has 1 saturated heterocycles. The molecule has 0 radical (unpaired) electrons. The molecular weight excluding hydrogens is 556 g/mol. The number of benzene rings is 1. The molecule has 9 nitrogen and oxygen atoms in total. The van der Waals surface area contributed by atoms with Gasteiger partial charge in [-0.25, -0.2) is 18.7 Å². The van der Waals surface area contributed by atoms with Gasteiger partial charge in [0.1, 0.15) is 16.8 Å². The second-order valence-corrected chi connectivity index (χ2v) is 9.18. The van der Waals surface area contributed by atoms with Crippen LogP contribution in [0.4, 0.5) is 23.2 Å². The van der Waals surface area contributed by atoms with Crippen molar-refractivity contribution < 1.29 is 31.9 Å². The lowest BCUT2D eigenvalue weighted by atomic mass is 10.2. The Labute approximate surface area is 221 Å². The quantitative estimate of drug-likeness (QED) is 0.219. The van der Waals surface area contributed by atoms with Gasteiger partial charge in [-0.2, -0.15) is 13.2 Å². The highest BCUT2D eigenvalue weighted by atomic mass is 35.5. The summed E-state index contributed by atoms with van der Waals surface area (Å²) in [4.78, 5) is 55.2. The number of aromatic nitrogens is 2. The fourth-order valence-electron chi connectivity index (χ4n) is 3.36. The molecule has 1 fully saturated rings. The fourth-order valence-corrected chi connectivity index (χ4v) is 4.70. The van der Waals surface area contributed by atoms with Crippen LogP contribution >= 0.6 is 23.4 Å². The van der Waals surface area contributed by atoms with E-state index in [0.29, 0.717) is 6.07 Å². The van der Waals surface area contributed by atoms with E-state index < -0.39 is 51.8 Å². The van der Waals surface area contributed by atoms with E-state index in [-0.39, 0.29) is 50.7 Å². The molecule has 2 heterocycles. The highest BCUT2D eigenvalue weighted by Gasteiger charge is 2.39. The SMILES string of the molecule is C#CCOC(=O)CC1SC(=Nc2cc(-n3c(=O)cc(C(F)(F)F)n(C)c3=O)c(F)cc2Cl)N(CC=C)C1=O. The Morgan fingerprint density at radius 1 is 1.32 bits per heavy atom. The van der Waals surface area contributed by atoms with Crippen LogP contribution in [0.5, 0.6) is 0 Å². The van der Waals surface area contributed by atoms with Crippen LogP contribution in [0.2, 0.25) is 5.02 Å². The van der Waals surface area contributed by atoms with E-state index in [0.717, 1.165) is 24.9 Å². The van der Waals surface area contributed by atoms with Gasteiger partial charge >= 0.3 is 17.8 Å². The van der Waals surface area contributed by atoms with Crippen molar-refractivity contribution in [2.45, 2.75) is 17.8 Å². The molecule has 1 aromatic heterocycles. The molecule has 0 saturated carbocycles. The summed E-state index contributed by atoms with van der Waals surface area (Å²) in [6, 6.07) is 1.75. The van der Waals surface area contributed by atoms with Crippen LogP contribution in [0.1, 0.15) is 12.1 Å². The Morgan fingerprint density at radius 3 is 2.61 bits per heavy atom. The van der Waals surface area contributed by atoms with Crippen LogP contribution in [0, 0.1) is 18.2 Å². The van der Waals surface area contributed by atoms with Gasteiger partial charge in [-0.05, 0) is 12.1 Å². The maximum absolute atomic E-state index is 14.8. The molecule has 1 unspecified atom stereocenters. The number of hydrogen-bond donors (Lipinski definition) is 0. The van der Waals surface area contributed by atoms with Crippen molar-refractivity contribution in [1.82, 2.24) is 14.0 Å². The summed E-state index contributed by atoms with van der Waals surface area (Å²) in [5.74, 6) is -0.309. The normalized spacial score (nSPS) is 16.6. The number of amides is 1. The first-order valence-electron chi connectivity index (χ1n) is 10.5. The van der Waals surface area contributed by atoms with Crippen molar-refractivity contribution in [3.8, 4) is 18.0 Å². The molecule has 0 spiro atoms. The number of carbonyl (C=O) groups is 2. The number of nitrogens with zero attached hydrogens (tertiary/aromatic N) is 4. The first-order chi connectivity index (χ1) is 17.8. The third-order valence-electron chi connectivity index (χ3n) is 5.08. The van der Waals surface area contributed by atoms with Gasteiger partial charge < -0.3 is 4.74 Å². The molecule has 38 heavy (non-hydrogen) atoms. The van der Waals surface area contributed by atoms with Gasteiger partial charge in [-0.1, -0.05) is 35.4 Å². The van der Waals surface area contributed by atoms with Gasteiger partial charge in [-0.3, -0.25) is 23.9 Å². The maximum Gasteiger partial charge on any atom is 0.431 e. The monoisotopic (exact) mass is 572 g/mol. The lowest BCUT2D eigenvalue weighted by Crippen LogP contribution is -2.41. The summed E-state index contributed by atoms with van der Waals surface area (Å²) in [5.41, 5.74) is -5.35. The predicted molar refractivity (Wildman–Crippen MR) is 132 cm³/mol. The van der Waals surface area contributed by atoms with Gasteiger partial charge in [0.25, 0.3) is 5.56 Å². The summed E-state index contributed by atoms with van der Waals surface area (Å²) >= 11 is 6.98. The lowest BCUT2D eigenvalue weighted by molar-refractivity contribution is -0.144. The summed E-state index contributed by atoms with van der Waals surface area (Å²) in [5, 5.41) is -1.21. The number of aliphatic imine (C=N–C) groups is 1. The number of rotatable bonds is 7. The number of halogens is 5. The van der Waals surface area contributed by atoms with Crippen LogP contribution in [0.25, 0.3) is 5.69 Å². The largest absolute Gasteiger partial charge is 0.452 e. The lowest BCUT2D eigenvalue weighted by Gasteiger charge is -2.16. The minimum atomic E-state index is -5.01. The number of terminal acetylenes is 1. The first kappa shape index (κ1) is 28.7. The Balaban J connectivity index is 2.09. The van der Waals surface area contributed by atoms with Crippen molar-refractivity contribution in [2.24, 2.45) is 12.0 Å². The third kappa shape index (κ3) is 5.84. The molecule has 15 heteroatoms. The highest BCUT2D eigenvalue weighted by molar-refractivity contribution is 8.15. The van der Waals surface area contributed by atoms with Gasteiger partial charge in [0.2, 0.25) is 5.91 Å². The molecule has 0 aliphatic carbocycles. The van der Waals surface area contributed by atoms with Gasteiger partial charge in [-0.15, -0.1) is 13.0 Å². The molecule has 0 bridgehead atoms. The summed E-state index contributed by atoms with van der Waals surface area (Å²) in [6.45, 7) is 3.26. The van der Waals surface area contributed by atoms with E-state index in [1.165, 1.54) is 11.0 Å². The average Bonchev–Trinajstić information content (AvgIpc) is 3.11. The minimum Gasteiger partial charge on any atom is -0.452 e. The van der Waals surface area contributed by atoms with Crippen molar-refractivity contribution >= 4 is 46.1 Å². The smallest absolute Gasteiger partial charge is 0.431 e. The molecule has 3 rings (SSSR count). The molecule has 1 aliphatic heterocycles. The number of hydrogen-bond acceptors (Lipinski definition) is 7. The van der Waals surface area contributed by atoms with Crippen molar-refractivity contribution in [3.63, 3.8) is 0 Å². The number of carbonyl (C=O) groups excluding carboxylic acids is 2. The topological polar surface area (TPSA) is 103 Å². The molecule has 0 N–H and O–H groups in total. The van der Waals surface area contributed by atoms with E-state index >= 15 is 0 Å². The van der Waals surface area contributed by atoms with Crippen LogP contribution in [-0.4, -0.2) is 49.5 Å². The van der Waals surface area contributed by atoms with Crippen molar-refractivity contribution in [1.29, 1.82) is 0 Å². The van der Waals surface area contributed by atoms with Crippen LogP contribution in [0.3, 0.4) is 0 Å². The van der Waals surface area contributed by atoms with Crippen LogP contribution in [-0.2, 0) is 27.5 Å². The van der Waals surface area contributed by atoms with Gasteiger partial charge in [0, 0.05) is 19.7 Å². The van der Waals surface area contributed by atoms with E-state index in [4.69, 9.17) is 22.8 Å². The molecule has 1 amide bonds. The summed E-state index contributed by atoms with van der Waals surface area (Å²) < 4.78 is 59.5. The highest BCUT2D eigenvalue weighted by Crippen LogP contribution is 2.35. The summed E-state index contributed by atoms with van der Waals surface area (Å²) in [7, 11) is 0.777. The van der Waals surface area contributed by atoms with Crippen molar-refractivity contribution in [2.75, 3.05) is 13.2 Å². The summed E-state index contributed by atoms with van der Waals surface area (Å²) in [6.07, 6.45) is 1.09. The van der Waals surface area contributed by atoms with Crippen LogP contribution < -0.4 is 11.2 Å².